The van der Waals surface area contributed by atoms with Crippen LogP contribution in [0, 0.1) is 0 Å². The van der Waals surface area contributed by atoms with Gasteiger partial charge < -0.3 is 15.4 Å². The first kappa shape index (κ1) is 19.1. The van der Waals surface area contributed by atoms with E-state index >= 15 is 0 Å². The van der Waals surface area contributed by atoms with Gasteiger partial charge in [-0.1, -0.05) is 24.5 Å². The third-order valence-corrected chi connectivity index (χ3v) is 4.72. The lowest BCUT2D eigenvalue weighted by atomic mass is 9.98. The van der Waals surface area contributed by atoms with Crippen LogP contribution in [0.5, 0.6) is 0 Å². The largest absolute Gasteiger partial charge is 0.376 e. The zero-order valence-corrected chi connectivity index (χ0v) is 14.9. The maximum absolute atomic E-state index is 12.1. The molecule has 1 saturated heterocycles. The second-order valence-electron chi connectivity index (χ2n) is 6.45. The number of halogens is 1. The molecule has 0 aromatic carbocycles. The molecule has 24 heavy (non-hydrogen) atoms. The molecule has 0 spiro atoms. The van der Waals surface area contributed by atoms with Crippen LogP contribution < -0.4 is 10.6 Å². The number of ether oxygens (including phenoxy) is 1. The first-order chi connectivity index (χ1) is 11.3. The van der Waals surface area contributed by atoms with Crippen molar-refractivity contribution >= 4 is 18.3 Å². The highest BCUT2D eigenvalue weighted by molar-refractivity contribution is 5.91. The lowest BCUT2D eigenvalue weighted by Crippen LogP contribution is -2.30. The number of rotatable bonds is 6. The molecule has 3 rings (SSSR count). The second kappa shape index (κ2) is 9.96. The summed E-state index contributed by atoms with van der Waals surface area (Å²) >= 11 is 0. The van der Waals surface area contributed by atoms with Crippen LogP contribution in [0.15, 0.2) is 6.20 Å². The Balaban J connectivity index is 0.00000208. The molecule has 0 unspecified atom stereocenters. The van der Waals surface area contributed by atoms with E-state index in [0.29, 0.717) is 31.0 Å². The van der Waals surface area contributed by atoms with Gasteiger partial charge in [-0.05, 0) is 38.8 Å². The van der Waals surface area contributed by atoms with E-state index in [1.165, 1.54) is 19.3 Å². The molecule has 1 aliphatic carbocycles. The minimum absolute atomic E-state index is 0. The number of nitrogens with zero attached hydrogens (tertiary/aromatic N) is 3. The topological polar surface area (TPSA) is 81.1 Å². The average Bonchev–Trinajstić information content (AvgIpc) is 3.10. The highest BCUT2D eigenvalue weighted by Crippen LogP contribution is 2.20. The quantitative estimate of drug-likeness (QED) is 0.757. The van der Waals surface area contributed by atoms with Crippen molar-refractivity contribution in [2.75, 3.05) is 26.2 Å². The van der Waals surface area contributed by atoms with Crippen LogP contribution in [0.2, 0.25) is 0 Å². The molecule has 7 nitrogen and oxygen atoms in total. The van der Waals surface area contributed by atoms with Gasteiger partial charge in [-0.3, -0.25) is 4.79 Å². The van der Waals surface area contributed by atoms with Crippen LogP contribution in [0.3, 0.4) is 0 Å². The van der Waals surface area contributed by atoms with Crippen molar-refractivity contribution < 1.29 is 9.53 Å². The molecular weight excluding hydrogens is 330 g/mol. The number of hydrogen-bond acceptors (Lipinski definition) is 5. The highest BCUT2D eigenvalue weighted by atomic mass is 35.5. The second-order valence-corrected chi connectivity index (χ2v) is 6.45. The van der Waals surface area contributed by atoms with Crippen LogP contribution in [0.4, 0.5) is 0 Å². The van der Waals surface area contributed by atoms with Gasteiger partial charge in [0.2, 0.25) is 0 Å². The minimum Gasteiger partial charge on any atom is -0.376 e. The Hall–Kier alpha value is -1.18. The van der Waals surface area contributed by atoms with E-state index in [0.717, 1.165) is 38.8 Å². The van der Waals surface area contributed by atoms with E-state index in [4.69, 9.17) is 4.74 Å². The Morgan fingerprint density at radius 1 is 1.25 bits per heavy atom. The minimum atomic E-state index is -0.169. The molecule has 2 aliphatic rings. The molecule has 1 aromatic rings. The smallest absolute Gasteiger partial charge is 0.273 e. The molecule has 8 heteroatoms. The van der Waals surface area contributed by atoms with Gasteiger partial charge >= 0.3 is 0 Å². The lowest BCUT2D eigenvalue weighted by molar-refractivity contribution is 0.0299. The predicted molar refractivity (Wildman–Crippen MR) is 93.6 cm³/mol. The van der Waals surface area contributed by atoms with E-state index in [2.05, 4.69) is 20.9 Å². The van der Waals surface area contributed by atoms with Crippen molar-refractivity contribution in [1.82, 2.24) is 25.6 Å². The van der Waals surface area contributed by atoms with E-state index in [-0.39, 0.29) is 18.3 Å². The molecule has 1 aromatic heterocycles. The fourth-order valence-electron chi connectivity index (χ4n) is 3.34. The SMILES string of the molecule is Cl.O=C(NCCOC1CCCCC1)c1cn(C2CCNCC2)nn1. The number of carbonyl (C=O) groups excluding carboxylic acids is 1. The monoisotopic (exact) mass is 357 g/mol. The summed E-state index contributed by atoms with van der Waals surface area (Å²) in [6.07, 6.45) is 10.3. The molecule has 136 valence electrons. The lowest BCUT2D eigenvalue weighted by Gasteiger charge is -2.22. The molecule has 1 aliphatic heterocycles. The van der Waals surface area contributed by atoms with Crippen molar-refractivity contribution in [2.24, 2.45) is 0 Å². The van der Waals surface area contributed by atoms with Gasteiger partial charge in [0, 0.05) is 6.54 Å². The highest BCUT2D eigenvalue weighted by Gasteiger charge is 2.19. The number of aromatic nitrogens is 3. The molecule has 0 bridgehead atoms. The number of amides is 1. The van der Waals surface area contributed by atoms with Crippen molar-refractivity contribution in [2.45, 2.75) is 57.1 Å². The van der Waals surface area contributed by atoms with Gasteiger partial charge in [0.15, 0.2) is 5.69 Å². The van der Waals surface area contributed by atoms with Gasteiger partial charge in [0.25, 0.3) is 5.91 Å². The van der Waals surface area contributed by atoms with E-state index in [1.807, 2.05) is 4.68 Å². The van der Waals surface area contributed by atoms with Crippen molar-refractivity contribution in [3.63, 3.8) is 0 Å². The summed E-state index contributed by atoms with van der Waals surface area (Å²) < 4.78 is 7.63. The van der Waals surface area contributed by atoms with E-state index in [1.54, 1.807) is 6.20 Å². The Morgan fingerprint density at radius 2 is 2.00 bits per heavy atom. The number of carbonyl (C=O) groups is 1. The van der Waals surface area contributed by atoms with Crippen LogP contribution in [0.1, 0.15) is 61.5 Å². The molecule has 1 saturated carbocycles. The molecule has 2 heterocycles. The average molecular weight is 358 g/mol. The molecule has 0 atom stereocenters. The summed E-state index contributed by atoms with van der Waals surface area (Å²) in [6.45, 7) is 3.07. The zero-order chi connectivity index (χ0) is 15.9. The first-order valence-corrected chi connectivity index (χ1v) is 8.85. The fourth-order valence-corrected chi connectivity index (χ4v) is 3.34. The van der Waals surface area contributed by atoms with E-state index < -0.39 is 0 Å². The van der Waals surface area contributed by atoms with Gasteiger partial charge in [-0.2, -0.15) is 0 Å². The Bertz CT molecular complexity index is 498. The van der Waals surface area contributed by atoms with Gasteiger partial charge in [-0.25, -0.2) is 4.68 Å². The number of hydrogen-bond donors (Lipinski definition) is 2. The molecule has 0 radical (unpaired) electrons. The number of piperidine rings is 1. The maximum Gasteiger partial charge on any atom is 0.273 e. The summed E-state index contributed by atoms with van der Waals surface area (Å²) in [7, 11) is 0. The summed E-state index contributed by atoms with van der Waals surface area (Å²) in [4.78, 5) is 12.1. The van der Waals surface area contributed by atoms with Crippen LogP contribution in [0.25, 0.3) is 0 Å². The van der Waals surface area contributed by atoms with Crippen LogP contribution in [-0.2, 0) is 4.74 Å². The van der Waals surface area contributed by atoms with Crippen LogP contribution >= 0.6 is 12.4 Å². The number of nitrogens with one attached hydrogen (secondary N) is 2. The predicted octanol–water partition coefficient (Wildman–Crippen LogP) is 1.70. The van der Waals surface area contributed by atoms with Gasteiger partial charge in [0.1, 0.15) is 0 Å². The van der Waals surface area contributed by atoms with Crippen molar-refractivity contribution in [1.29, 1.82) is 0 Å². The standard InChI is InChI=1S/C16H27N5O2.ClH/c22-16(18-10-11-23-14-4-2-1-3-5-14)15-12-21(20-19-15)13-6-8-17-9-7-13;/h12-14,17H,1-11H2,(H,18,22);1H. The van der Waals surface area contributed by atoms with Crippen molar-refractivity contribution in [3.8, 4) is 0 Å². The molecular formula is C16H28ClN5O2. The first-order valence-electron chi connectivity index (χ1n) is 8.85. The normalized spacial score (nSPS) is 19.7. The van der Waals surface area contributed by atoms with Crippen molar-refractivity contribution in [3.05, 3.63) is 11.9 Å². The summed E-state index contributed by atoms with van der Waals surface area (Å²) in [5.41, 5.74) is 0.390. The third kappa shape index (κ3) is 5.43. The Labute approximate surface area is 149 Å². The fraction of sp³-hybridized carbons (Fsp3) is 0.812. The van der Waals surface area contributed by atoms with E-state index in [9.17, 15) is 4.79 Å². The van der Waals surface area contributed by atoms with Gasteiger partial charge in [0.05, 0.1) is 24.9 Å². The molecule has 2 fully saturated rings. The summed E-state index contributed by atoms with van der Waals surface area (Å²) in [6, 6.07) is 0.347. The Morgan fingerprint density at radius 3 is 2.75 bits per heavy atom. The summed E-state index contributed by atoms with van der Waals surface area (Å²) in [5.74, 6) is -0.169. The molecule has 1 amide bonds. The molecule has 2 N–H and O–H groups in total. The zero-order valence-electron chi connectivity index (χ0n) is 14.1. The van der Waals surface area contributed by atoms with Crippen LogP contribution in [-0.4, -0.2) is 53.2 Å². The maximum atomic E-state index is 12.1. The summed E-state index contributed by atoms with van der Waals surface area (Å²) in [5, 5.41) is 14.3. The third-order valence-electron chi connectivity index (χ3n) is 4.72. The Kier molecular flexibility index (Phi) is 7.94. The van der Waals surface area contributed by atoms with Gasteiger partial charge in [-0.15, -0.1) is 17.5 Å².